The summed E-state index contributed by atoms with van der Waals surface area (Å²) in [5.74, 6) is 0. The van der Waals surface area contributed by atoms with Crippen molar-refractivity contribution < 1.29 is 4.74 Å². The van der Waals surface area contributed by atoms with Gasteiger partial charge in [0.15, 0.2) is 0 Å². The molecule has 1 saturated heterocycles. The van der Waals surface area contributed by atoms with Crippen LogP contribution in [-0.4, -0.2) is 49.3 Å². The maximum Gasteiger partial charge on any atom is 0.102 e. The van der Waals surface area contributed by atoms with Gasteiger partial charge in [-0.1, -0.05) is 0 Å². The minimum atomic E-state index is 0. The Balaban J connectivity index is 0.00000131. The summed E-state index contributed by atoms with van der Waals surface area (Å²) in [6.45, 7) is 5.90. The number of anilines is 1. The molecule has 2 N–H and O–H groups in total. The lowest BCUT2D eigenvalue weighted by molar-refractivity contribution is 0.166. The molecule has 0 spiro atoms. The molecule has 0 amide bonds. The Labute approximate surface area is 176 Å². The van der Waals surface area contributed by atoms with Gasteiger partial charge in [-0.3, -0.25) is 4.98 Å². The maximum absolute atomic E-state index is 5.27. The minimum Gasteiger partial charge on any atom is -0.385 e. The lowest BCUT2D eigenvalue weighted by atomic mass is 10.1. The number of pyridine rings is 1. The first kappa shape index (κ1) is 22.0. The van der Waals surface area contributed by atoms with Gasteiger partial charge in [-0.2, -0.15) is 0 Å². The second-order valence-electron chi connectivity index (χ2n) is 6.56. The summed E-state index contributed by atoms with van der Waals surface area (Å²) in [7, 11) is 1.77. The predicted octanol–water partition coefficient (Wildman–Crippen LogP) is 1.93. The van der Waals surface area contributed by atoms with E-state index in [0.717, 1.165) is 43.2 Å². The van der Waals surface area contributed by atoms with Crippen molar-refractivity contribution in [3.05, 3.63) is 45.4 Å². The van der Waals surface area contributed by atoms with Crippen molar-refractivity contribution in [3.8, 4) is 0 Å². The number of rotatable bonds is 4. The summed E-state index contributed by atoms with van der Waals surface area (Å²) < 4.78 is 5.27. The smallest absolute Gasteiger partial charge is 0.102 e. The van der Waals surface area contributed by atoms with Crippen molar-refractivity contribution >= 4 is 53.0 Å². The van der Waals surface area contributed by atoms with Gasteiger partial charge in [-0.15, -0.1) is 36.2 Å². The summed E-state index contributed by atoms with van der Waals surface area (Å²) >= 11 is 1.80. The van der Waals surface area contributed by atoms with Crippen molar-refractivity contribution in [3.63, 3.8) is 0 Å². The van der Waals surface area contributed by atoms with Crippen LogP contribution in [0.1, 0.15) is 16.9 Å². The van der Waals surface area contributed by atoms with Crippen LogP contribution in [0.15, 0.2) is 24.4 Å². The van der Waals surface area contributed by atoms with Crippen LogP contribution < -0.4 is 21.2 Å². The number of halogens is 2. The van der Waals surface area contributed by atoms with Gasteiger partial charge in [0.2, 0.25) is 0 Å². The molecule has 2 aliphatic heterocycles. The fourth-order valence-corrected chi connectivity index (χ4v) is 4.48. The highest BCUT2D eigenvalue weighted by molar-refractivity contribution is 7.16. The molecule has 148 valence electrons. The number of piperazine rings is 1. The zero-order valence-corrected chi connectivity index (χ0v) is 18.0. The molecule has 0 aliphatic carbocycles. The van der Waals surface area contributed by atoms with Gasteiger partial charge in [0.05, 0.1) is 11.0 Å². The number of hydrogen-bond acceptors (Lipinski definition) is 6. The molecule has 1 unspecified atom stereocenters. The number of fused-ring (bicyclic) bond motifs is 2. The van der Waals surface area contributed by atoms with E-state index in [9.17, 15) is 0 Å². The fourth-order valence-electron chi connectivity index (χ4n) is 3.60. The highest BCUT2D eigenvalue weighted by Gasteiger charge is 2.25. The predicted molar refractivity (Wildman–Crippen MR) is 117 cm³/mol. The lowest BCUT2D eigenvalue weighted by Crippen LogP contribution is -2.52. The molecular formula is C19H26Cl2N4OS. The van der Waals surface area contributed by atoms with Crippen molar-refractivity contribution in [2.24, 2.45) is 0 Å². The third-order valence-corrected chi connectivity index (χ3v) is 5.76. The molecule has 4 heterocycles. The van der Waals surface area contributed by atoms with Crippen molar-refractivity contribution in [1.82, 2.24) is 15.2 Å². The molecule has 2 aromatic rings. The van der Waals surface area contributed by atoms with E-state index in [1.165, 1.54) is 21.1 Å². The molecule has 0 saturated carbocycles. The van der Waals surface area contributed by atoms with Crippen molar-refractivity contribution in [1.29, 1.82) is 0 Å². The first-order valence-electron chi connectivity index (χ1n) is 8.76. The van der Waals surface area contributed by atoms with E-state index in [-0.39, 0.29) is 24.8 Å². The number of aryl methyl sites for hydroxylation is 1. The van der Waals surface area contributed by atoms with E-state index >= 15 is 0 Å². The quantitative estimate of drug-likeness (QED) is 0.778. The number of nitrogens with one attached hydrogen (secondary N) is 2. The summed E-state index contributed by atoms with van der Waals surface area (Å²) in [5, 5.41) is 10.5. The Morgan fingerprint density at radius 3 is 3.04 bits per heavy atom. The maximum atomic E-state index is 5.27. The number of aromatic nitrogens is 1. The number of nitrogens with zero attached hydrogens (tertiary/aromatic N) is 2. The molecule has 8 heteroatoms. The van der Waals surface area contributed by atoms with Crippen molar-refractivity contribution in [2.75, 3.05) is 38.7 Å². The van der Waals surface area contributed by atoms with E-state index in [4.69, 9.17) is 9.72 Å². The Kier molecular flexibility index (Phi) is 7.94. The van der Waals surface area contributed by atoms with Gasteiger partial charge in [0.25, 0.3) is 0 Å². The Morgan fingerprint density at radius 1 is 1.37 bits per heavy atom. The van der Waals surface area contributed by atoms with Crippen LogP contribution in [0.3, 0.4) is 0 Å². The molecule has 0 bridgehead atoms. The largest absolute Gasteiger partial charge is 0.385 e. The first-order chi connectivity index (χ1) is 12.3. The van der Waals surface area contributed by atoms with Crippen LogP contribution >= 0.6 is 36.2 Å². The van der Waals surface area contributed by atoms with Crippen LogP contribution in [-0.2, 0) is 4.74 Å². The Bertz CT molecular complexity index is 886. The third-order valence-electron chi connectivity index (χ3n) is 4.77. The fraction of sp³-hybridized carbons (Fsp3) is 0.421. The minimum absolute atomic E-state index is 0. The van der Waals surface area contributed by atoms with Gasteiger partial charge in [-0.25, -0.2) is 0 Å². The zero-order chi connectivity index (χ0) is 17.2. The van der Waals surface area contributed by atoms with Crippen LogP contribution in [0.2, 0.25) is 0 Å². The van der Waals surface area contributed by atoms with Gasteiger partial charge < -0.3 is 20.3 Å². The van der Waals surface area contributed by atoms with Gasteiger partial charge in [0, 0.05) is 67.4 Å². The second kappa shape index (κ2) is 9.75. The molecule has 4 rings (SSSR count). The van der Waals surface area contributed by atoms with Gasteiger partial charge in [-0.05, 0) is 31.5 Å². The summed E-state index contributed by atoms with van der Waals surface area (Å²) in [6, 6.07) is 6.85. The van der Waals surface area contributed by atoms with Crippen molar-refractivity contribution in [2.45, 2.75) is 19.4 Å². The van der Waals surface area contributed by atoms with Crippen LogP contribution in [0.4, 0.5) is 5.00 Å². The van der Waals surface area contributed by atoms with Crippen LogP contribution in [0, 0.1) is 6.92 Å². The topological polar surface area (TPSA) is 49.4 Å². The highest BCUT2D eigenvalue weighted by Crippen LogP contribution is 2.34. The number of ether oxygens (including phenoxy) is 1. The molecule has 2 aliphatic rings. The highest BCUT2D eigenvalue weighted by atomic mass is 35.5. The summed E-state index contributed by atoms with van der Waals surface area (Å²) in [5.41, 5.74) is 2.52. The monoisotopic (exact) mass is 428 g/mol. The van der Waals surface area contributed by atoms with E-state index in [0.29, 0.717) is 6.04 Å². The molecule has 1 atom stereocenters. The SMILES string of the molecule is COCCC1CN(C2=c3ncccc3=CNc3sc(C)cc32)CCN1.Cl.Cl. The average Bonchev–Trinajstić information content (AvgIpc) is 2.93. The van der Waals surface area contributed by atoms with Gasteiger partial charge in [0.1, 0.15) is 5.00 Å². The standard InChI is InChI=1S/C19H24N4OS.2ClH/c1-13-10-16-18(23-8-7-20-15(12-23)5-9-24-2)17-14(4-3-6-21-17)11-22-19(16)25-13;;/h3-4,6,10-11,15,20,22H,5,7-9,12H2,1-2H3;2*1H. The molecule has 2 aromatic heterocycles. The third kappa shape index (κ3) is 4.58. The number of hydrogen-bond donors (Lipinski definition) is 2. The molecule has 0 radical (unpaired) electrons. The lowest BCUT2D eigenvalue weighted by Gasteiger charge is -2.36. The van der Waals surface area contributed by atoms with Gasteiger partial charge >= 0.3 is 0 Å². The normalized spacial score (nSPS) is 18.1. The second-order valence-corrected chi connectivity index (χ2v) is 7.81. The zero-order valence-electron chi connectivity index (χ0n) is 15.5. The summed E-state index contributed by atoms with van der Waals surface area (Å²) in [6.07, 6.45) is 4.99. The summed E-state index contributed by atoms with van der Waals surface area (Å²) in [4.78, 5) is 8.55. The average molecular weight is 429 g/mol. The van der Waals surface area contributed by atoms with E-state index in [1.807, 2.05) is 12.3 Å². The first-order valence-corrected chi connectivity index (χ1v) is 9.58. The van der Waals surface area contributed by atoms with E-state index in [2.05, 4.69) is 40.8 Å². The molecule has 27 heavy (non-hydrogen) atoms. The Hall–Kier alpha value is -1.31. The molecule has 5 nitrogen and oxygen atoms in total. The Morgan fingerprint density at radius 2 is 2.22 bits per heavy atom. The molecular weight excluding hydrogens is 403 g/mol. The van der Waals surface area contributed by atoms with E-state index in [1.54, 1.807) is 18.4 Å². The molecule has 1 fully saturated rings. The number of thiophene rings is 1. The van der Waals surface area contributed by atoms with E-state index < -0.39 is 0 Å². The van der Waals surface area contributed by atoms with Crippen LogP contribution in [0.25, 0.3) is 11.9 Å². The van der Waals surface area contributed by atoms with Crippen LogP contribution in [0.5, 0.6) is 0 Å². The number of methoxy groups -OCH3 is 1. The molecule has 0 aromatic carbocycles.